The maximum atomic E-state index is 13.8. The maximum Gasteiger partial charge on any atom is 0.260 e. The van der Waals surface area contributed by atoms with E-state index in [0.717, 1.165) is 24.8 Å². The molecule has 146 valence electrons. The van der Waals surface area contributed by atoms with E-state index >= 15 is 0 Å². The summed E-state index contributed by atoms with van der Waals surface area (Å²) < 4.78 is 13.8. The van der Waals surface area contributed by atoms with Crippen LogP contribution in [0.15, 0.2) is 24.3 Å². The van der Waals surface area contributed by atoms with Gasteiger partial charge in [-0.3, -0.25) is 10.1 Å². The fourth-order valence-corrected chi connectivity index (χ4v) is 5.02. The minimum atomic E-state index is -0.622. The van der Waals surface area contributed by atoms with Gasteiger partial charge in [0.25, 0.3) is 5.91 Å². The fourth-order valence-electron chi connectivity index (χ4n) is 3.48. The first-order chi connectivity index (χ1) is 13.2. The zero-order chi connectivity index (χ0) is 20.5. The third-order valence-corrected chi connectivity index (χ3v) is 6.55. The number of halogens is 1. The Labute approximate surface area is 173 Å². The second kappa shape index (κ2) is 7.98. The molecular weight excluding hydrogens is 393 g/mol. The van der Waals surface area contributed by atoms with Crippen LogP contribution < -0.4 is 10.6 Å². The first kappa shape index (κ1) is 20.4. The number of thiocarbonyl (C=S) groups is 1. The topological polar surface area (TPSA) is 64.9 Å². The van der Waals surface area contributed by atoms with Crippen molar-refractivity contribution in [2.24, 2.45) is 11.3 Å². The Morgan fingerprint density at radius 2 is 2.07 bits per heavy atom. The third-order valence-electron chi connectivity index (χ3n) is 5.17. The number of rotatable bonds is 2. The standard InChI is InChI=1S/C21H22FN3OS2/c1-21(2,3)12-8-9-13-15(11-23)19(28-17(13)10-12)25-20(27)24-18(26)14-6-4-5-7-16(14)22/h4-7,12H,8-10H2,1-3H3,(H2,24,25,26,27)/t12-/m0/s1. The zero-order valence-electron chi connectivity index (χ0n) is 16.1. The van der Waals surface area contributed by atoms with Crippen LogP contribution in [0.3, 0.4) is 0 Å². The molecule has 2 aromatic rings. The van der Waals surface area contributed by atoms with Gasteiger partial charge in [0.2, 0.25) is 0 Å². The molecule has 1 aromatic carbocycles. The Morgan fingerprint density at radius 3 is 2.71 bits per heavy atom. The number of nitriles is 1. The highest BCUT2D eigenvalue weighted by atomic mass is 32.1. The molecule has 0 saturated heterocycles. The molecule has 4 nitrogen and oxygen atoms in total. The lowest BCUT2D eigenvalue weighted by Gasteiger charge is -2.33. The summed E-state index contributed by atoms with van der Waals surface area (Å²) in [5.41, 5.74) is 1.81. The second-order valence-corrected chi connectivity index (χ2v) is 9.53. The van der Waals surface area contributed by atoms with Crippen molar-refractivity contribution in [3.8, 4) is 6.07 Å². The quantitative estimate of drug-likeness (QED) is 0.675. The number of fused-ring (bicyclic) bond motifs is 1. The molecule has 0 unspecified atom stereocenters. The molecule has 0 saturated carbocycles. The summed E-state index contributed by atoms with van der Waals surface area (Å²) in [5, 5.41) is 15.8. The normalized spacial score (nSPS) is 16.0. The number of anilines is 1. The van der Waals surface area contributed by atoms with Gasteiger partial charge in [0.15, 0.2) is 5.11 Å². The van der Waals surface area contributed by atoms with E-state index in [1.165, 1.54) is 34.4 Å². The van der Waals surface area contributed by atoms with E-state index in [9.17, 15) is 14.4 Å². The molecule has 2 N–H and O–H groups in total. The second-order valence-electron chi connectivity index (χ2n) is 8.01. The monoisotopic (exact) mass is 415 g/mol. The van der Waals surface area contributed by atoms with Gasteiger partial charge < -0.3 is 5.32 Å². The van der Waals surface area contributed by atoms with E-state index in [-0.39, 0.29) is 16.1 Å². The van der Waals surface area contributed by atoms with Crippen LogP contribution in [0.25, 0.3) is 0 Å². The summed E-state index contributed by atoms with van der Waals surface area (Å²) in [6.45, 7) is 6.73. The highest BCUT2D eigenvalue weighted by Crippen LogP contribution is 2.43. The van der Waals surface area contributed by atoms with Gasteiger partial charge >= 0.3 is 0 Å². The minimum Gasteiger partial charge on any atom is -0.323 e. The lowest BCUT2D eigenvalue weighted by Crippen LogP contribution is -2.34. The molecule has 1 aliphatic rings. The van der Waals surface area contributed by atoms with Crippen molar-refractivity contribution in [3.05, 3.63) is 51.7 Å². The Balaban J connectivity index is 1.75. The van der Waals surface area contributed by atoms with E-state index in [0.29, 0.717) is 16.5 Å². The maximum absolute atomic E-state index is 13.8. The largest absolute Gasteiger partial charge is 0.323 e. The van der Waals surface area contributed by atoms with Gasteiger partial charge in [-0.2, -0.15) is 5.26 Å². The van der Waals surface area contributed by atoms with Gasteiger partial charge in [-0.15, -0.1) is 11.3 Å². The van der Waals surface area contributed by atoms with Crippen molar-refractivity contribution < 1.29 is 9.18 Å². The summed E-state index contributed by atoms with van der Waals surface area (Å²) in [4.78, 5) is 13.4. The molecule has 1 aromatic heterocycles. The number of nitrogens with zero attached hydrogens (tertiary/aromatic N) is 1. The number of carbonyl (C=O) groups excluding carboxylic acids is 1. The summed E-state index contributed by atoms with van der Waals surface area (Å²) in [7, 11) is 0. The molecule has 1 atom stereocenters. The predicted octanol–water partition coefficient (Wildman–Crippen LogP) is 5.04. The number of nitrogens with one attached hydrogen (secondary N) is 2. The van der Waals surface area contributed by atoms with Crippen LogP contribution in [0.1, 0.15) is 53.6 Å². The molecule has 0 fully saturated rings. The van der Waals surface area contributed by atoms with Crippen LogP contribution in [0.4, 0.5) is 9.39 Å². The Morgan fingerprint density at radius 1 is 1.36 bits per heavy atom. The van der Waals surface area contributed by atoms with Crippen LogP contribution in [-0.2, 0) is 12.8 Å². The van der Waals surface area contributed by atoms with Gasteiger partial charge in [0, 0.05) is 4.88 Å². The van der Waals surface area contributed by atoms with Crippen molar-refractivity contribution in [1.29, 1.82) is 5.26 Å². The molecular formula is C21H22FN3OS2. The van der Waals surface area contributed by atoms with Crippen LogP contribution in [0.5, 0.6) is 0 Å². The first-order valence-electron chi connectivity index (χ1n) is 9.12. The zero-order valence-corrected chi connectivity index (χ0v) is 17.7. The number of carbonyl (C=O) groups is 1. The third kappa shape index (κ3) is 4.23. The molecule has 28 heavy (non-hydrogen) atoms. The van der Waals surface area contributed by atoms with Gasteiger partial charge in [-0.1, -0.05) is 32.9 Å². The summed E-state index contributed by atoms with van der Waals surface area (Å²) in [5.74, 6) is -0.672. The number of thiophene rings is 1. The van der Waals surface area contributed by atoms with Crippen LogP contribution >= 0.6 is 23.6 Å². The van der Waals surface area contributed by atoms with E-state index in [1.807, 2.05) is 0 Å². The summed E-state index contributed by atoms with van der Waals surface area (Å²) in [6.07, 6.45) is 2.86. The SMILES string of the molecule is CC(C)(C)[C@H]1CCc2c(sc(NC(=S)NC(=O)c3ccccc3F)c2C#N)C1. The van der Waals surface area contributed by atoms with Crippen molar-refractivity contribution >= 4 is 39.6 Å². The van der Waals surface area contributed by atoms with E-state index in [4.69, 9.17) is 12.2 Å². The summed E-state index contributed by atoms with van der Waals surface area (Å²) in [6, 6.07) is 7.99. The van der Waals surface area contributed by atoms with Crippen molar-refractivity contribution in [1.82, 2.24) is 5.32 Å². The number of hydrogen-bond acceptors (Lipinski definition) is 4. The lowest BCUT2D eigenvalue weighted by atomic mass is 9.72. The molecule has 0 bridgehead atoms. The Kier molecular flexibility index (Phi) is 5.82. The number of hydrogen-bond donors (Lipinski definition) is 2. The van der Waals surface area contributed by atoms with E-state index < -0.39 is 11.7 Å². The molecule has 3 rings (SSSR count). The van der Waals surface area contributed by atoms with Gasteiger partial charge in [-0.25, -0.2) is 4.39 Å². The van der Waals surface area contributed by atoms with E-state index in [1.54, 1.807) is 6.07 Å². The number of benzene rings is 1. The smallest absolute Gasteiger partial charge is 0.260 e. The first-order valence-corrected chi connectivity index (χ1v) is 10.3. The van der Waals surface area contributed by atoms with Crippen molar-refractivity contribution in [2.75, 3.05) is 5.32 Å². The molecule has 1 heterocycles. The van der Waals surface area contributed by atoms with Gasteiger partial charge in [0.05, 0.1) is 11.1 Å². The van der Waals surface area contributed by atoms with Crippen molar-refractivity contribution in [2.45, 2.75) is 40.0 Å². The summed E-state index contributed by atoms with van der Waals surface area (Å²) >= 11 is 6.73. The fraction of sp³-hybridized carbons (Fsp3) is 0.381. The average molecular weight is 416 g/mol. The van der Waals surface area contributed by atoms with E-state index in [2.05, 4.69) is 37.5 Å². The predicted molar refractivity (Wildman–Crippen MR) is 114 cm³/mol. The molecule has 0 radical (unpaired) electrons. The molecule has 7 heteroatoms. The van der Waals surface area contributed by atoms with Crippen molar-refractivity contribution in [3.63, 3.8) is 0 Å². The van der Waals surface area contributed by atoms with Crippen LogP contribution in [-0.4, -0.2) is 11.0 Å². The lowest BCUT2D eigenvalue weighted by molar-refractivity contribution is 0.0974. The Hall–Kier alpha value is -2.30. The minimum absolute atomic E-state index is 0.0516. The Bertz CT molecular complexity index is 969. The molecule has 0 spiro atoms. The average Bonchev–Trinajstić information content (AvgIpc) is 2.97. The molecule has 0 aliphatic heterocycles. The number of amides is 1. The van der Waals surface area contributed by atoms with Gasteiger partial charge in [-0.05, 0) is 60.5 Å². The molecule has 1 amide bonds. The van der Waals surface area contributed by atoms with Gasteiger partial charge in [0.1, 0.15) is 16.9 Å². The highest BCUT2D eigenvalue weighted by molar-refractivity contribution is 7.80. The molecule has 1 aliphatic carbocycles. The van der Waals surface area contributed by atoms with Crippen LogP contribution in [0, 0.1) is 28.5 Å². The van der Waals surface area contributed by atoms with Crippen LogP contribution in [0.2, 0.25) is 0 Å². The highest BCUT2D eigenvalue weighted by Gasteiger charge is 2.32.